The molecule has 9 heteroatoms. The van der Waals surface area contributed by atoms with E-state index in [0.29, 0.717) is 51.5 Å². The van der Waals surface area contributed by atoms with Crippen molar-refractivity contribution in [3.05, 3.63) is 83.0 Å². The number of carbonyl (C=O) groups is 1. The number of benzene rings is 3. The van der Waals surface area contributed by atoms with Gasteiger partial charge in [-0.15, -0.1) is 0 Å². The number of anilines is 1. The average molecular weight is 553 g/mol. The number of halogens is 1. The number of H-pyrrole nitrogens is 1. The van der Waals surface area contributed by atoms with E-state index in [0.717, 1.165) is 5.56 Å². The van der Waals surface area contributed by atoms with E-state index in [1.807, 2.05) is 49.3 Å². The van der Waals surface area contributed by atoms with Gasteiger partial charge in [-0.1, -0.05) is 62.7 Å². The highest BCUT2D eigenvalue weighted by atomic mass is 35.5. The number of nitrogens with one attached hydrogen (secondary N) is 3. The Hall–Kier alpha value is -3.33. The van der Waals surface area contributed by atoms with E-state index in [4.69, 9.17) is 11.6 Å². The maximum atomic E-state index is 13.2. The van der Waals surface area contributed by atoms with Crippen molar-refractivity contribution in [1.29, 1.82) is 0 Å². The summed E-state index contributed by atoms with van der Waals surface area (Å²) < 4.78 is 29.1. The molecule has 0 aliphatic rings. The smallest absolute Gasteiger partial charge is 0.268 e. The third-order valence-corrected chi connectivity index (χ3v) is 8.02. The molecule has 0 aliphatic carbocycles. The third kappa shape index (κ3) is 6.04. The number of amides is 1. The van der Waals surface area contributed by atoms with Crippen LogP contribution in [0, 0.1) is 0 Å². The molecule has 7 nitrogen and oxygen atoms in total. The van der Waals surface area contributed by atoms with Crippen molar-refractivity contribution in [2.24, 2.45) is 0 Å². The van der Waals surface area contributed by atoms with Gasteiger partial charge in [0.15, 0.2) is 0 Å². The first kappa shape index (κ1) is 27.7. The van der Waals surface area contributed by atoms with E-state index in [2.05, 4.69) is 35.8 Å². The van der Waals surface area contributed by atoms with Gasteiger partial charge in [-0.2, -0.15) is 0 Å². The lowest BCUT2D eigenvalue weighted by Gasteiger charge is -2.19. The number of sulfonamides is 1. The van der Waals surface area contributed by atoms with Crippen LogP contribution in [0.1, 0.15) is 36.8 Å². The summed E-state index contributed by atoms with van der Waals surface area (Å²) in [6.45, 7) is 7.40. The number of fused-ring (bicyclic) bond motifs is 1. The van der Waals surface area contributed by atoms with E-state index in [-0.39, 0.29) is 16.2 Å². The summed E-state index contributed by atoms with van der Waals surface area (Å²) in [6.07, 6.45) is 0. The highest BCUT2D eigenvalue weighted by Gasteiger charge is 2.22. The zero-order valence-electron chi connectivity index (χ0n) is 22.2. The lowest BCUT2D eigenvalue weighted by atomic mass is 9.87. The maximum Gasteiger partial charge on any atom is 0.268 e. The minimum atomic E-state index is -3.83. The molecule has 0 atom stereocenters. The first-order chi connectivity index (χ1) is 17.9. The van der Waals surface area contributed by atoms with E-state index in [1.165, 1.54) is 0 Å². The number of nitrogens with zero attached hydrogens (tertiary/aromatic N) is 1. The van der Waals surface area contributed by atoms with Gasteiger partial charge in [0.2, 0.25) is 0 Å². The van der Waals surface area contributed by atoms with Crippen molar-refractivity contribution in [3.63, 3.8) is 0 Å². The Bertz CT molecular complexity index is 1570. The largest absolute Gasteiger partial charge is 0.350 e. The zero-order valence-corrected chi connectivity index (χ0v) is 23.8. The Morgan fingerprint density at radius 1 is 1.00 bits per heavy atom. The Morgan fingerprint density at radius 2 is 1.68 bits per heavy atom. The summed E-state index contributed by atoms with van der Waals surface area (Å²) in [5, 5.41) is 4.11. The standard InChI is InChI=1S/C29H33ClN4O3S/c1-29(2,3)19-10-13-21(14-11-19)38(36,37)33-20-12-15-25-23(18-20)26(22-8-6-7-9-24(22)30)27(32-25)28(35)31-16-17-34(4)5/h6-15,18,32-33H,16-17H2,1-5H3,(H,31,35). The van der Waals surface area contributed by atoms with E-state index >= 15 is 0 Å². The van der Waals surface area contributed by atoms with Crippen LogP contribution in [0.25, 0.3) is 22.0 Å². The number of hydrogen-bond acceptors (Lipinski definition) is 4. The van der Waals surface area contributed by atoms with Crippen LogP contribution in [0.4, 0.5) is 5.69 Å². The molecule has 1 heterocycles. The van der Waals surface area contributed by atoms with Crippen molar-refractivity contribution in [1.82, 2.24) is 15.2 Å². The number of carbonyl (C=O) groups excluding carboxylic acids is 1. The fourth-order valence-corrected chi connectivity index (χ4v) is 5.48. The van der Waals surface area contributed by atoms with Crippen LogP contribution >= 0.6 is 11.6 Å². The first-order valence-corrected chi connectivity index (χ1v) is 14.2. The average Bonchev–Trinajstić information content (AvgIpc) is 3.22. The van der Waals surface area contributed by atoms with Crippen molar-refractivity contribution >= 4 is 44.1 Å². The molecule has 1 aromatic heterocycles. The molecule has 38 heavy (non-hydrogen) atoms. The Labute approximate surface area is 229 Å². The highest BCUT2D eigenvalue weighted by molar-refractivity contribution is 7.92. The van der Waals surface area contributed by atoms with Crippen LogP contribution in [0.3, 0.4) is 0 Å². The summed E-state index contributed by atoms with van der Waals surface area (Å²) in [5.74, 6) is -0.265. The van der Waals surface area contributed by atoms with E-state index in [1.54, 1.807) is 36.4 Å². The Balaban J connectivity index is 1.74. The highest BCUT2D eigenvalue weighted by Crippen LogP contribution is 2.38. The minimum Gasteiger partial charge on any atom is -0.350 e. The van der Waals surface area contributed by atoms with Gasteiger partial charge in [0, 0.05) is 45.8 Å². The number of aromatic nitrogens is 1. The molecule has 200 valence electrons. The second-order valence-corrected chi connectivity index (χ2v) is 12.6. The summed E-state index contributed by atoms with van der Waals surface area (Å²) >= 11 is 6.55. The molecule has 0 fully saturated rings. The normalized spacial score (nSPS) is 12.2. The minimum absolute atomic E-state index is 0.0827. The second-order valence-electron chi connectivity index (χ2n) is 10.6. The van der Waals surface area contributed by atoms with Crippen molar-refractivity contribution in [3.8, 4) is 11.1 Å². The molecule has 4 aromatic rings. The van der Waals surface area contributed by atoms with Crippen LogP contribution < -0.4 is 10.0 Å². The number of rotatable bonds is 8. The lowest BCUT2D eigenvalue weighted by Crippen LogP contribution is -2.31. The predicted octanol–water partition coefficient (Wildman–Crippen LogP) is 5.88. The quantitative estimate of drug-likeness (QED) is 0.254. The number of aromatic amines is 1. The van der Waals surface area contributed by atoms with Gasteiger partial charge < -0.3 is 15.2 Å². The van der Waals surface area contributed by atoms with Crippen LogP contribution in [-0.4, -0.2) is 51.4 Å². The summed E-state index contributed by atoms with van der Waals surface area (Å²) in [6, 6.07) is 19.3. The van der Waals surface area contributed by atoms with Gasteiger partial charge in [-0.25, -0.2) is 8.42 Å². The molecular weight excluding hydrogens is 520 g/mol. The van der Waals surface area contributed by atoms with E-state index < -0.39 is 10.0 Å². The second kappa shape index (κ2) is 10.8. The van der Waals surface area contributed by atoms with Crippen LogP contribution in [0.15, 0.2) is 71.6 Å². The molecule has 0 unspecified atom stereocenters. The van der Waals surface area contributed by atoms with Crippen molar-refractivity contribution in [2.75, 3.05) is 31.9 Å². The summed E-state index contributed by atoms with van der Waals surface area (Å²) in [4.78, 5) is 18.5. The molecule has 0 saturated carbocycles. The first-order valence-electron chi connectivity index (χ1n) is 12.3. The molecule has 0 radical (unpaired) electrons. The Kier molecular flexibility index (Phi) is 7.88. The third-order valence-electron chi connectivity index (χ3n) is 6.30. The number of hydrogen-bond donors (Lipinski definition) is 3. The molecule has 0 bridgehead atoms. The van der Waals surface area contributed by atoms with Crippen molar-refractivity contribution < 1.29 is 13.2 Å². The van der Waals surface area contributed by atoms with Gasteiger partial charge in [-0.3, -0.25) is 9.52 Å². The molecule has 3 N–H and O–H groups in total. The fraction of sp³-hybridized carbons (Fsp3) is 0.276. The van der Waals surface area contributed by atoms with Crippen LogP contribution in [0.5, 0.6) is 0 Å². The molecule has 4 rings (SSSR count). The lowest BCUT2D eigenvalue weighted by molar-refractivity contribution is 0.0947. The molecular formula is C29H33ClN4O3S. The monoisotopic (exact) mass is 552 g/mol. The molecule has 0 aliphatic heterocycles. The van der Waals surface area contributed by atoms with Gasteiger partial charge in [0.05, 0.1) is 4.90 Å². The molecule has 0 spiro atoms. The SMILES string of the molecule is CN(C)CCNC(=O)c1[nH]c2ccc(NS(=O)(=O)c3ccc(C(C)(C)C)cc3)cc2c1-c1ccccc1Cl. The zero-order chi connectivity index (χ0) is 27.7. The predicted molar refractivity (Wildman–Crippen MR) is 156 cm³/mol. The summed E-state index contributed by atoms with van der Waals surface area (Å²) in [7, 11) is 0.0428. The van der Waals surface area contributed by atoms with Gasteiger partial charge in [0.1, 0.15) is 5.69 Å². The molecule has 0 saturated heterocycles. The van der Waals surface area contributed by atoms with Crippen LogP contribution in [-0.2, 0) is 15.4 Å². The maximum absolute atomic E-state index is 13.2. The summed E-state index contributed by atoms with van der Waals surface area (Å²) in [5.41, 5.74) is 3.69. The Morgan fingerprint density at radius 3 is 2.32 bits per heavy atom. The van der Waals surface area contributed by atoms with E-state index in [9.17, 15) is 13.2 Å². The van der Waals surface area contributed by atoms with Crippen LogP contribution in [0.2, 0.25) is 5.02 Å². The topological polar surface area (TPSA) is 94.3 Å². The fourth-order valence-electron chi connectivity index (χ4n) is 4.20. The van der Waals surface area contributed by atoms with Gasteiger partial charge >= 0.3 is 0 Å². The van der Waals surface area contributed by atoms with Gasteiger partial charge in [0.25, 0.3) is 15.9 Å². The number of likely N-dealkylation sites (N-methyl/N-ethyl adjacent to an activating group) is 1. The van der Waals surface area contributed by atoms with Crippen molar-refractivity contribution in [2.45, 2.75) is 31.1 Å². The van der Waals surface area contributed by atoms with Gasteiger partial charge in [-0.05, 0) is 61.5 Å². The molecule has 1 amide bonds. The molecule has 3 aromatic carbocycles.